The smallest absolute Gasteiger partial charge is 0.264 e. The summed E-state index contributed by atoms with van der Waals surface area (Å²) in [5, 5.41) is 4.40. The Balaban J connectivity index is 1.65. The van der Waals surface area contributed by atoms with Gasteiger partial charge in [0.25, 0.3) is 11.5 Å². The highest BCUT2D eigenvalue weighted by Crippen LogP contribution is 2.39. The number of benzene rings is 1. The summed E-state index contributed by atoms with van der Waals surface area (Å²) < 4.78 is 7.55. The molecule has 8 nitrogen and oxygen atoms in total. The van der Waals surface area contributed by atoms with Crippen LogP contribution in [0.3, 0.4) is 0 Å². The minimum Gasteiger partial charge on any atom is -0.495 e. The predicted octanol–water partition coefficient (Wildman–Crippen LogP) is 5.78. The fourth-order valence-electron chi connectivity index (χ4n) is 5.78. The normalized spacial score (nSPS) is 15.8. The average molecular weight is 621 g/mol. The SMILES string of the molecule is CCC1=CC(c2sc(C)nc2C)=C(OC)c2cc(C(=O)NCc3ccc(Cl)cc3)c(=O)n(CC(=O)N3CC(C)(C)C3)c2C1. The van der Waals surface area contributed by atoms with Crippen LogP contribution in [0.5, 0.6) is 0 Å². The number of nitrogens with one attached hydrogen (secondary N) is 1. The second kappa shape index (κ2) is 12.1. The van der Waals surface area contributed by atoms with Crippen LogP contribution in [0.15, 0.2) is 46.8 Å². The van der Waals surface area contributed by atoms with Gasteiger partial charge in [0, 0.05) is 47.9 Å². The Bertz CT molecular complexity index is 1710. The first kappa shape index (κ1) is 30.8. The van der Waals surface area contributed by atoms with Gasteiger partial charge in [0.2, 0.25) is 5.91 Å². The number of amides is 2. The van der Waals surface area contributed by atoms with Crippen LogP contribution in [-0.4, -0.2) is 46.5 Å². The maximum Gasteiger partial charge on any atom is 0.264 e. The first-order valence-corrected chi connectivity index (χ1v) is 15.6. The van der Waals surface area contributed by atoms with Gasteiger partial charge in [-0.3, -0.25) is 14.4 Å². The highest BCUT2D eigenvalue weighted by atomic mass is 35.5. The van der Waals surface area contributed by atoms with Gasteiger partial charge in [0.1, 0.15) is 17.9 Å². The zero-order valence-electron chi connectivity index (χ0n) is 25.5. The third-order valence-electron chi connectivity index (χ3n) is 7.93. The molecule has 0 unspecified atom stereocenters. The molecule has 1 aliphatic heterocycles. The van der Waals surface area contributed by atoms with Crippen molar-refractivity contribution in [1.29, 1.82) is 0 Å². The molecule has 0 radical (unpaired) electrons. The van der Waals surface area contributed by atoms with Crippen LogP contribution in [0, 0.1) is 19.3 Å². The molecule has 0 bridgehead atoms. The molecule has 0 atom stereocenters. The maximum absolute atomic E-state index is 14.1. The van der Waals surface area contributed by atoms with Crippen molar-refractivity contribution in [3.63, 3.8) is 0 Å². The number of methoxy groups -OCH3 is 1. The molecule has 1 N–H and O–H groups in total. The fourth-order valence-corrected chi connectivity index (χ4v) is 6.83. The number of allylic oxidation sites excluding steroid dienone is 3. The number of thiazole rings is 1. The Hall–Kier alpha value is -3.69. The monoisotopic (exact) mass is 620 g/mol. The summed E-state index contributed by atoms with van der Waals surface area (Å²) in [4.78, 5) is 48.5. The van der Waals surface area contributed by atoms with E-state index in [1.54, 1.807) is 41.5 Å². The van der Waals surface area contributed by atoms with Crippen molar-refractivity contribution in [3.8, 4) is 0 Å². The maximum atomic E-state index is 14.1. The first-order valence-electron chi connectivity index (χ1n) is 14.4. The molecule has 2 amide bonds. The van der Waals surface area contributed by atoms with Gasteiger partial charge in [0.05, 0.1) is 22.7 Å². The molecular formula is C33H37ClN4O4S. The Morgan fingerprint density at radius 3 is 2.44 bits per heavy atom. The second-order valence-corrected chi connectivity index (χ2v) is 13.6. The van der Waals surface area contributed by atoms with Crippen molar-refractivity contribution in [1.82, 2.24) is 19.8 Å². The number of likely N-dealkylation sites (tertiary alicyclic amines) is 1. The van der Waals surface area contributed by atoms with Crippen LogP contribution in [0.4, 0.5) is 0 Å². The number of fused-ring (bicyclic) bond motifs is 1. The number of carbonyl (C=O) groups is 2. The van der Waals surface area contributed by atoms with Crippen LogP contribution >= 0.6 is 22.9 Å². The van der Waals surface area contributed by atoms with Crippen LogP contribution in [0.2, 0.25) is 5.02 Å². The van der Waals surface area contributed by atoms with Crippen molar-refractivity contribution in [2.45, 2.75) is 60.5 Å². The van der Waals surface area contributed by atoms with Crippen molar-refractivity contribution in [2.24, 2.45) is 5.41 Å². The molecule has 2 aliphatic rings. The van der Waals surface area contributed by atoms with Gasteiger partial charge in [-0.05, 0) is 49.4 Å². The minimum atomic E-state index is -0.524. The number of hydrogen-bond donors (Lipinski definition) is 1. The third-order valence-corrected chi connectivity index (χ3v) is 9.29. The Kier molecular flexibility index (Phi) is 8.68. The Morgan fingerprint density at radius 2 is 1.86 bits per heavy atom. The van der Waals surface area contributed by atoms with Crippen molar-refractivity contribution in [3.05, 3.63) is 95.3 Å². The van der Waals surface area contributed by atoms with E-state index in [0.717, 1.165) is 38.7 Å². The molecular weight excluding hydrogens is 584 g/mol. The van der Waals surface area contributed by atoms with Crippen LogP contribution in [0.25, 0.3) is 11.3 Å². The van der Waals surface area contributed by atoms with E-state index in [1.807, 2.05) is 26.0 Å². The van der Waals surface area contributed by atoms with E-state index in [2.05, 4.69) is 37.1 Å². The van der Waals surface area contributed by atoms with E-state index in [0.29, 0.717) is 41.5 Å². The fraction of sp³-hybridized carbons (Fsp3) is 0.394. The number of halogens is 1. The quantitative estimate of drug-likeness (QED) is 0.345. The third kappa shape index (κ3) is 6.33. The molecule has 0 spiro atoms. The van der Waals surface area contributed by atoms with Crippen LogP contribution in [-0.2, 0) is 29.0 Å². The topological polar surface area (TPSA) is 93.5 Å². The summed E-state index contributed by atoms with van der Waals surface area (Å²) in [5.41, 5.74) is 4.44. The van der Waals surface area contributed by atoms with Crippen LogP contribution < -0.4 is 10.9 Å². The minimum absolute atomic E-state index is 0.0458. The Morgan fingerprint density at radius 1 is 1.16 bits per heavy atom. The van der Waals surface area contributed by atoms with E-state index in [1.165, 1.54) is 4.57 Å². The van der Waals surface area contributed by atoms with Gasteiger partial charge in [-0.2, -0.15) is 0 Å². The van der Waals surface area contributed by atoms with Gasteiger partial charge in [-0.15, -0.1) is 11.3 Å². The van der Waals surface area contributed by atoms with E-state index >= 15 is 0 Å². The van der Waals surface area contributed by atoms with E-state index in [4.69, 9.17) is 16.3 Å². The number of aryl methyl sites for hydroxylation is 2. The number of pyridine rings is 1. The van der Waals surface area contributed by atoms with Gasteiger partial charge in [-0.1, -0.05) is 56.2 Å². The van der Waals surface area contributed by atoms with Gasteiger partial charge in [0.15, 0.2) is 0 Å². The van der Waals surface area contributed by atoms with Gasteiger partial charge < -0.3 is 19.5 Å². The number of nitrogens with zero attached hydrogens (tertiary/aromatic N) is 3. The van der Waals surface area contributed by atoms with E-state index < -0.39 is 11.5 Å². The average Bonchev–Trinajstić information content (AvgIpc) is 3.20. The zero-order valence-corrected chi connectivity index (χ0v) is 27.0. The molecule has 226 valence electrons. The second-order valence-electron chi connectivity index (χ2n) is 12.0. The van der Waals surface area contributed by atoms with Crippen molar-refractivity contribution in [2.75, 3.05) is 20.2 Å². The highest BCUT2D eigenvalue weighted by molar-refractivity contribution is 7.13. The molecule has 5 rings (SSSR count). The number of ether oxygens (including phenoxy) is 1. The molecule has 10 heteroatoms. The molecule has 1 aromatic carbocycles. The molecule has 1 fully saturated rings. The lowest BCUT2D eigenvalue weighted by Gasteiger charge is -2.46. The highest BCUT2D eigenvalue weighted by Gasteiger charge is 2.38. The van der Waals surface area contributed by atoms with Gasteiger partial charge in [-0.25, -0.2) is 4.98 Å². The number of aromatic nitrogens is 2. The molecule has 0 saturated carbocycles. The molecule has 2 aromatic heterocycles. The molecule has 1 aliphatic carbocycles. The predicted molar refractivity (Wildman–Crippen MR) is 171 cm³/mol. The summed E-state index contributed by atoms with van der Waals surface area (Å²) in [6.07, 6.45) is 3.29. The lowest BCUT2D eigenvalue weighted by molar-refractivity contribution is -0.142. The standard InChI is InChI=1S/C33H37ClN4O4S/c1-7-21-12-25(30-19(2)36-20(3)43-30)29(42-6)24-14-26(31(40)35-15-22-8-10-23(34)11-9-22)32(41)38(27(24)13-21)16-28(39)37-17-33(4,5)18-37/h8-12,14H,7,13,15-18H2,1-6H3,(H,35,40). The summed E-state index contributed by atoms with van der Waals surface area (Å²) in [5.74, 6) is -0.127. The zero-order chi connectivity index (χ0) is 31.1. The largest absolute Gasteiger partial charge is 0.495 e. The lowest BCUT2D eigenvalue weighted by atomic mass is 9.84. The Labute approximate surface area is 261 Å². The lowest BCUT2D eigenvalue weighted by Crippen LogP contribution is -2.56. The van der Waals surface area contributed by atoms with Crippen molar-refractivity contribution >= 4 is 46.1 Å². The van der Waals surface area contributed by atoms with Gasteiger partial charge >= 0.3 is 0 Å². The molecule has 1 saturated heterocycles. The number of carbonyl (C=O) groups excluding carboxylic acids is 2. The van der Waals surface area contributed by atoms with Crippen molar-refractivity contribution < 1.29 is 14.3 Å². The summed E-state index contributed by atoms with van der Waals surface area (Å²) in [7, 11) is 1.59. The summed E-state index contributed by atoms with van der Waals surface area (Å²) in [6.45, 7) is 11.5. The summed E-state index contributed by atoms with van der Waals surface area (Å²) in [6, 6.07) is 8.76. The van der Waals surface area contributed by atoms with Crippen LogP contribution in [0.1, 0.15) is 69.9 Å². The van der Waals surface area contributed by atoms with E-state index in [9.17, 15) is 14.4 Å². The molecule has 3 heterocycles. The molecule has 43 heavy (non-hydrogen) atoms. The first-order chi connectivity index (χ1) is 20.4. The van der Waals surface area contributed by atoms with E-state index in [-0.39, 0.29) is 30.0 Å². The number of rotatable bonds is 8. The number of hydrogen-bond acceptors (Lipinski definition) is 6. The molecule has 3 aromatic rings. The summed E-state index contributed by atoms with van der Waals surface area (Å²) >= 11 is 7.59.